The van der Waals surface area contributed by atoms with E-state index in [9.17, 15) is 4.39 Å². The highest BCUT2D eigenvalue weighted by Gasteiger charge is 1.97. The second kappa shape index (κ2) is 9.89. The van der Waals surface area contributed by atoms with Gasteiger partial charge < -0.3 is 10.6 Å². The molecule has 102 valence electrons. The largest absolute Gasteiger partial charge is 0.381 e. The average Bonchev–Trinajstić information content (AvgIpc) is 2.39. The lowest BCUT2D eigenvalue weighted by Gasteiger charge is -2.08. The van der Waals surface area contributed by atoms with Crippen molar-refractivity contribution in [3.63, 3.8) is 0 Å². The summed E-state index contributed by atoms with van der Waals surface area (Å²) in [6.07, 6.45) is 6.52. The zero-order valence-corrected chi connectivity index (χ0v) is 11.3. The zero-order chi connectivity index (χ0) is 13.1. The van der Waals surface area contributed by atoms with Crippen molar-refractivity contribution >= 4 is 5.69 Å². The van der Waals surface area contributed by atoms with Crippen LogP contribution in [0.5, 0.6) is 0 Å². The molecule has 0 aliphatic rings. The molecule has 0 saturated heterocycles. The van der Waals surface area contributed by atoms with Crippen molar-refractivity contribution in [3.8, 4) is 0 Å². The molecule has 0 fully saturated rings. The third kappa shape index (κ3) is 6.60. The van der Waals surface area contributed by atoms with Gasteiger partial charge in [0.1, 0.15) is 5.82 Å². The summed E-state index contributed by atoms with van der Waals surface area (Å²) in [6.45, 7) is 4.92. The van der Waals surface area contributed by atoms with Crippen molar-refractivity contribution in [2.45, 2.75) is 39.0 Å². The van der Waals surface area contributed by atoms with Gasteiger partial charge in [0.25, 0.3) is 0 Å². The Kier molecular flexibility index (Phi) is 8.23. The Morgan fingerprint density at radius 1 is 0.944 bits per heavy atom. The van der Waals surface area contributed by atoms with E-state index in [2.05, 4.69) is 17.6 Å². The van der Waals surface area contributed by atoms with E-state index in [-0.39, 0.29) is 5.82 Å². The molecule has 3 heteroatoms. The first-order valence-electron chi connectivity index (χ1n) is 7.03. The van der Waals surface area contributed by atoms with Crippen LogP contribution in [0.1, 0.15) is 39.0 Å². The van der Waals surface area contributed by atoms with Gasteiger partial charge in [-0.2, -0.15) is 0 Å². The molecule has 2 N–H and O–H groups in total. The summed E-state index contributed by atoms with van der Waals surface area (Å²) >= 11 is 0. The number of halogens is 1. The Morgan fingerprint density at radius 3 is 2.50 bits per heavy atom. The molecule has 0 unspecified atom stereocenters. The van der Waals surface area contributed by atoms with E-state index in [0.717, 1.165) is 19.6 Å². The SMILES string of the molecule is CCCCCCCNCCNc1ccccc1F. The van der Waals surface area contributed by atoms with Crippen molar-refractivity contribution < 1.29 is 4.39 Å². The molecule has 0 amide bonds. The van der Waals surface area contributed by atoms with Crippen LogP contribution in [0.2, 0.25) is 0 Å². The number of anilines is 1. The molecule has 0 bridgehead atoms. The quantitative estimate of drug-likeness (QED) is 0.619. The van der Waals surface area contributed by atoms with E-state index in [1.54, 1.807) is 12.1 Å². The monoisotopic (exact) mass is 252 g/mol. The van der Waals surface area contributed by atoms with Crippen molar-refractivity contribution in [3.05, 3.63) is 30.1 Å². The summed E-state index contributed by atoms with van der Waals surface area (Å²) in [7, 11) is 0. The van der Waals surface area contributed by atoms with Crippen LogP contribution in [0.25, 0.3) is 0 Å². The van der Waals surface area contributed by atoms with E-state index >= 15 is 0 Å². The topological polar surface area (TPSA) is 24.1 Å². The van der Waals surface area contributed by atoms with Crippen LogP contribution in [0.15, 0.2) is 24.3 Å². The van der Waals surface area contributed by atoms with Crippen LogP contribution in [0.3, 0.4) is 0 Å². The van der Waals surface area contributed by atoms with Crippen molar-refractivity contribution in [2.24, 2.45) is 0 Å². The number of hydrogen-bond donors (Lipinski definition) is 2. The van der Waals surface area contributed by atoms with Gasteiger partial charge in [-0.15, -0.1) is 0 Å². The summed E-state index contributed by atoms with van der Waals surface area (Å²) in [6, 6.07) is 6.78. The highest BCUT2D eigenvalue weighted by Crippen LogP contribution is 2.11. The fraction of sp³-hybridized carbons (Fsp3) is 0.600. The molecule has 0 saturated carbocycles. The molecule has 18 heavy (non-hydrogen) atoms. The zero-order valence-electron chi connectivity index (χ0n) is 11.3. The standard InChI is InChI=1S/C15H25FN2/c1-2-3-4-5-8-11-17-12-13-18-15-10-7-6-9-14(15)16/h6-7,9-10,17-18H,2-5,8,11-13H2,1H3. The Labute approximate surface area is 110 Å². The van der Waals surface area contributed by atoms with Crippen LogP contribution >= 0.6 is 0 Å². The second-order valence-corrected chi connectivity index (χ2v) is 4.57. The molecule has 0 radical (unpaired) electrons. The van der Waals surface area contributed by atoms with Crippen molar-refractivity contribution in [2.75, 3.05) is 25.0 Å². The Balaban J connectivity index is 1.94. The van der Waals surface area contributed by atoms with Gasteiger partial charge in [-0.05, 0) is 25.1 Å². The molecule has 2 nitrogen and oxygen atoms in total. The van der Waals surface area contributed by atoms with E-state index < -0.39 is 0 Å². The first kappa shape index (κ1) is 15.0. The first-order valence-corrected chi connectivity index (χ1v) is 7.03. The number of unbranched alkanes of at least 4 members (excludes halogenated alkanes) is 4. The molecular formula is C15H25FN2. The van der Waals surface area contributed by atoms with Crippen molar-refractivity contribution in [1.82, 2.24) is 5.32 Å². The Morgan fingerprint density at radius 2 is 1.72 bits per heavy atom. The number of hydrogen-bond acceptors (Lipinski definition) is 2. The molecule has 0 heterocycles. The van der Waals surface area contributed by atoms with Crippen LogP contribution in [0.4, 0.5) is 10.1 Å². The minimum absolute atomic E-state index is 0.183. The van der Waals surface area contributed by atoms with E-state index in [4.69, 9.17) is 0 Å². The highest BCUT2D eigenvalue weighted by molar-refractivity contribution is 5.44. The third-order valence-electron chi connectivity index (χ3n) is 2.95. The third-order valence-corrected chi connectivity index (χ3v) is 2.95. The van der Waals surface area contributed by atoms with E-state index in [1.165, 1.54) is 38.2 Å². The van der Waals surface area contributed by atoms with Gasteiger partial charge in [-0.25, -0.2) is 4.39 Å². The highest BCUT2D eigenvalue weighted by atomic mass is 19.1. The molecule has 1 aromatic carbocycles. The minimum Gasteiger partial charge on any atom is -0.381 e. The van der Waals surface area contributed by atoms with Crippen LogP contribution in [-0.2, 0) is 0 Å². The maximum atomic E-state index is 13.3. The maximum Gasteiger partial charge on any atom is 0.146 e. The lowest BCUT2D eigenvalue weighted by Crippen LogP contribution is -2.23. The number of para-hydroxylation sites is 1. The summed E-state index contributed by atoms with van der Waals surface area (Å²) in [5.74, 6) is -0.183. The van der Waals surface area contributed by atoms with Gasteiger partial charge in [-0.3, -0.25) is 0 Å². The maximum absolute atomic E-state index is 13.3. The summed E-state index contributed by atoms with van der Waals surface area (Å²) in [5.41, 5.74) is 0.585. The van der Waals surface area contributed by atoms with Gasteiger partial charge in [0.2, 0.25) is 0 Å². The molecule has 0 aromatic heterocycles. The number of nitrogens with one attached hydrogen (secondary N) is 2. The second-order valence-electron chi connectivity index (χ2n) is 4.57. The molecule has 0 aliphatic carbocycles. The van der Waals surface area contributed by atoms with E-state index in [0.29, 0.717) is 5.69 Å². The fourth-order valence-corrected chi connectivity index (χ4v) is 1.87. The number of benzene rings is 1. The Hall–Kier alpha value is -1.09. The van der Waals surface area contributed by atoms with Gasteiger partial charge in [0.05, 0.1) is 5.69 Å². The average molecular weight is 252 g/mol. The molecular weight excluding hydrogens is 227 g/mol. The molecule has 0 atom stereocenters. The van der Waals surface area contributed by atoms with Gasteiger partial charge in [0.15, 0.2) is 0 Å². The molecule has 1 aromatic rings. The Bertz CT molecular complexity index is 315. The van der Waals surface area contributed by atoms with Gasteiger partial charge >= 0.3 is 0 Å². The summed E-state index contributed by atoms with van der Waals surface area (Å²) in [5, 5.41) is 6.45. The predicted octanol–water partition coefficient (Wildman–Crippen LogP) is 3.80. The fourth-order valence-electron chi connectivity index (χ4n) is 1.87. The van der Waals surface area contributed by atoms with Crippen LogP contribution < -0.4 is 10.6 Å². The molecule has 0 aliphatic heterocycles. The predicted molar refractivity (Wildman–Crippen MR) is 76.5 cm³/mol. The van der Waals surface area contributed by atoms with Gasteiger partial charge in [-0.1, -0.05) is 44.7 Å². The summed E-state index contributed by atoms with van der Waals surface area (Å²) < 4.78 is 13.3. The van der Waals surface area contributed by atoms with Gasteiger partial charge in [0, 0.05) is 13.1 Å². The molecule has 1 rings (SSSR count). The minimum atomic E-state index is -0.183. The molecule has 0 spiro atoms. The van der Waals surface area contributed by atoms with Crippen LogP contribution in [0, 0.1) is 5.82 Å². The van der Waals surface area contributed by atoms with Crippen LogP contribution in [-0.4, -0.2) is 19.6 Å². The first-order chi connectivity index (χ1) is 8.84. The lowest BCUT2D eigenvalue weighted by molar-refractivity contribution is 0.588. The number of rotatable bonds is 10. The normalized spacial score (nSPS) is 10.6. The smallest absolute Gasteiger partial charge is 0.146 e. The lowest BCUT2D eigenvalue weighted by atomic mass is 10.1. The van der Waals surface area contributed by atoms with Crippen molar-refractivity contribution in [1.29, 1.82) is 0 Å². The summed E-state index contributed by atoms with van der Waals surface area (Å²) in [4.78, 5) is 0. The van der Waals surface area contributed by atoms with E-state index in [1.807, 2.05) is 6.07 Å².